The molecule has 0 spiro atoms. The fourth-order valence-corrected chi connectivity index (χ4v) is 5.32. The number of hydrazine groups is 1. The number of hydrogen-bond donors (Lipinski definition) is 3. The van der Waals surface area contributed by atoms with Crippen LogP contribution < -0.4 is 26.1 Å². The molecule has 0 bridgehead atoms. The van der Waals surface area contributed by atoms with Crippen LogP contribution in [0.2, 0.25) is 0 Å². The standard InChI is InChI=1S/C37H39N5O6/c1-3-47-36(45)37(25-39-41-42(37)23-27-18-21-30(46-2)22-19-27)34(43)31-15-10-16-32(33(31)40-35(44)28-13-8-5-9-14-28)48-24-29(38)20-17-26-11-6-4-7-12-26/h4-16,18-19,21-22,25,29,41H,3,17,20,23-24,38H2,1-2H3,(H,40,44). The van der Waals surface area contributed by atoms with Crippen LogP contribution in [0, 0.1) is 0 Å². The summed E-state index contributed by atoms with van der Waals surface area (Å²) in [4.78, 5) is 42.0. The van der Waals surface area contributed by atoms with Crippen molar-refractivity contribution in [3.8, 4) is 11.5 Å². The number of hydrazone groups is 1. The molecule has 2 unspecified atom stereocenters. The number of anilines is 1. The number of para-hydroxylation sites is 1. The molecule has 248 valence electrons. The third kappa shape index (κ3) is 7.71. The van der Waals surface area contributed by atoms with Gasteiger partial charge >= 0.3 is 5.97 Å². The Morgan fingerprint density at radius 1 is 0.917 bits per heavy atom. The minimum absolute atomic E-state index is 0.0255. The molecule has 0 radical (unpaired) electrons. The van der Waals surface area contributed by atoms with Gasteiger partial charge in [0.05, 0.1) is 25.6 Å². The molecule has 2 atom stereocenters. The van der Waals surface area contributed by atoms with Crippen LogP contribution in [0.15, 0.2) is 108 Å². The summed E-state index contributed by atoms with van der Waals surface area (Å²) in [6.45, 7) is 1.91. The maximum Gasteiger partial charge on any atom is 0.342 e. The lowest BCUT2D eigenvalue weighted by molar-refractivity contribution is -0.151. The zero-order valence-electron chi connectivity index (χ0n) is 26.9. The average molecular weight is 650 g/mol. The normalized spacial score (nSPS) is 16.1. The fourth-order valence-electron chi connectivity index (χ4n) is 5.32. The number of aryl methyl sites for hydroxylation is 1. The summed E-state index contributed by atoms with van der Waals surface area (Å²) in [7, 11) is 1.57. The number of hydrogen-bond acceptors (Lipinski definition) is 10. The van der Waals surface area contributed by atoms with E-state index in [0.717, 1.165) is 17.5 Å². The van der Waals surface area contributed by atoms with E-state index in [1.807, 2.05) is 42.5 Å². The van der Waals surface area contributed by atoms with Crippen LogP contribution in [-0.4, -0.2) is 60.8 Å². The van der Waals surface area contributed by atoms with Crippen LogP contribution in [0.5, 0.6) is 11.5 Å². The van der Waals surface area contributed by atoms with Crippen molar-refractivity contribution in [1.82, 2.24) is 10.5 Å². The van der Waals surface area contributed by atoms with Gasteiger partial charge < -0.3 is 25.3 Å². The van der Waals surface area contributed by atoms with Crippen molar-refractivity contribution in [3.05, 3.63) is 125 Å². The third-order valence-corrected chi connectivity index (χ3v) is 7.93. The molecule has 1 aliphatic rings. The number of Topliss-reactive ketones (excluding diaryl/α,β-unsaturated/α-hetero) is 1. The van der Waals surface area contributed by atoms with Gasteiger partial charge in [0.25, 0.3) is 5.91 Å². The van der Waals surface area contributed by atoms with Gasteiger partial charge in [-0.1, -0.05) is 66.7 Å². The van der Waals surface area contributed by atoms with Gasteiger partial charge in [-0.2, -0.15) is 10.1 Å². The van der Waals surface area contributed by atoms with Crippen molar-refractivity contribution < 1.29 is 28.6 Å². The number of methoxy groups -OCH3 is 1. The molecule has 1 amide bonds. The molecule has 4 aromatic carbocycles. The van der Waals surface area contributed by atoms with E-state index in [4.69, 9.17) is 19.9 Å². The van der Waals surface area contributed by atoms with Crippen LogP contribution in [0.25, 0.3) is 0 Å². The Hall–Kier alpha value is -5.52. The molecule has 0 fully saturated rings. The number of esters is 1. The summed E-state index contributed by atoms with van der Waals surface area (Å²) in [5, 5.41) is 8.41. The summed E-state index contributed by atoms with van der Waals surface area (Å²) in [5.74, 6) is -1.08. The van der Waals surface area contributed by atoms with E-state index in [1.165, 1.54) is 17.3 Å². The van der Waals surface area contributed by atoms with Gasteiger partial charge in [-0.05, 0) is 67.3 Å². The SMILES string of the molecule is CCOC(=O)C1(C(=O)c2cccc(OCC(N)CCc3ccccc3)c2NC(=O)c2ccccc2)C=NNN1Cc1ccc(OC)cc1. The second kappa shape index (κ2) is 15.9. The molecule has 0 saturated heterocycles. The maximum atomic E-state index is 14.7. The van der Waals surface area contributed by atoms with Crippen LogP contribution in [0.3, 0.4) is 0 Å². The highest BCUT2D eigenvalue weighted by atomic mass is 16.5. The molecule has 1 aliphatic heterocycles. The van der Waals surface area contributed by atoms with Crippen LogP contribution in [0.4, 0.5) is 5.69 Å². The summed E-state index contributed by atoms with van der Waals surface area (Å²) < 4.78 is 16.9. The van der Waals surface area contributed by atoms with Crippen molar-refractivity contribution >= 4 is 29.6 Å². The monoisotopic (exact) mass is 649 g/mol. The first-order valence-corrected chi connectivity index (χ1v) is 15.7. The quantitative estimate of drug-likeness (QED) is 0.0942. The first-order chi connectivity index (χ1) is 23.3. The van der Waals surface area contributed by atoms with Crippen LogP contribution >= 0.6 is 0 Å². The lowest BCUT2D eigenvalue weighted by Gasteiger charge is -2.32. The van der Waals surface area contributed by atoms with Gasteiger partial charge in [0.1, 0.15) is 18.1 Å². The van der Waals surface area contributed by atoms with E-state index in [0.29, 0.717) is 17.7 Å². The van der Waals surface area contributed by atoms with Gasteiger partial charge in [0.2, 0.25) is 11.3 Å². The van der Waals surface area contributed by atoms with Gasteiger partial charge in [0.15, 0.2) is 0 Å². The molecule has 5 rings (SSSR count). The van der Waals surface area contributed by atoms with Crippen molar-refractivity contribution in [2.24, 2.45) is 10.8 Å². The van der Waals surface area contributed by atoms with Crippen molar-refractivity contribution in [3.63, 3.8) is 0 Å². The number of benzene rings is 4. The smallest absolute Gasteiger partial charge is 0.342 e. The number of ether oxygens (including phenoxy) is 3. The van der Waals surface area contributed by atoms with E-state index in [9.17, 15) is 14.4 Å². The second-order valence-electron chi connectivity index (χ2n) is 11.2. The number of nitrogens with zero attached hydrogens (tertiary/aromatic N) is 2. The zero-order valence-corrected chi connectivity index (χ0v) is 26.9. The van der Waals surface area contributed by atoms with Crippen molar-refractivity contribution in [2.45, 2.75) is 37.9 Å². The van der Waals surface area contributed by atoms with Crippen LogP contribution in [-0.2, 0) is 22.5 Å². The molecule has 0 saturated carbocycles. The maximum absolute atomic E-state index is 14.7. The molecule has 4 aromatic rings. The number of carbonyl (C=O) groups excluding carboxylic acids is 3. The van der Waals surface area contributed by atoms with Gasteiger partial charge in [-0.3, -0.25) is 9.59 Å². The Labute approximate surface area is 279 Å². The minimum atomic E-state index is -2.01. The first kappa shape index (κ1) is 33.8. The summed E-state index contributed by atoms with van der Waals surface area (Å²) >= 11 is 0. The molecular formula is C37H39N5O6. The molecule has 1 heterocycles. The number of amides is 1. The molecule has 11 heteroatoms. The highest BCUT2D eigenvalue weighted by molar-refractivity contribution is 6.30. The van der Waals surface area contributed by atoms with Gasteiger partial charge in [-0.15, -0.1) is 0 Å². The van der Waals surface area contributed by atoms with Crippen molar-refractivity contribution in [1.29, 1.82) is 0 Å². The predicted octanol–water partition coefficient (Wildman–Crippen LogP) is 4.78. The molecule has 0 aromatic heterocycles. The van der Waals surface area contributed by atoms with E-state index >= 15 is 0 Å². The number of nitrogens with one attached hydrogen (secondary N) is 2. The molecule has 48 heavy (non-hydrogen) atoms. The highest BCUT2D eigenvalue weighted by Crippen LogP contribution is 2.35. The van der Waals surface area contributed by atoms with Crippen LogP contribution in [0.1, 0.15) is 45.2 Å². The number of nitrogens with two attached hydrogens (primary N) is 1. The third-order valence-electron chi connectivity index (χ3n) is 7.93. The zero-order chi connectivity index (χ0) is 33.9. The number of ketones is 1. The van der Waals surface area contributed by atoms with E-state index in [2.05, 4.69) is 16.0 Å². The number of carbonyl (C=O) groups is 3. The predicted molar refractivity (Wildman–Crippen MR) is 183 cm³/mol. The number of rotatable bonds is 15. The Morgan fingerprint density at radius 3 is 2.31 bits per heavy atom. The Balaban J connectivity index is 1.48. The van der Waals surface area contributed by atoms with Crippen molar-refractivity contribution in [2.75, 3.05) is 25.6 Å². The Morgan fingerprint density at radius 2 is 1.62 bits per heavy atom. The average Bonchev–Trinajstić information content (AvgIpc) is 3.55. The van der Waals surface area contributed by atoms with Gasteiger partial charge in [0, 0.05) is 23.7 Å². The molecule has 4 N–H and O–H groups in total. The summed E-state index contributed by atoms with van der Waals surface area (Å²) in [6, 6.07) is 30.3. The topological polar surface area (TPSA) is 145 Å². The highest BCUT2D eigenvalue weighted by Gasteiger charge is 2.55. The Kier molecular flexibility index (Phi) is 11.2. The van der Waals surface area contributed by atoms with E-state index < -0.39 is 23.2 Å². The largest absolute Gasteiger partial charge is 0.497 e. The molecular weight excluding hydrogens is 610 g/mol. The fraction of sp³-hybridized carbons (Fsp3) is 0.243. The lowest BCUT2D eigenvalue weighted by atomic mass is 9.88. The lowest BCUT2D eigenvalue weighted by Crippen LogP contribution is -2.61. The van der Waals surface area contributed by atoms with E-state index in [-0.39, 0.29) is 42.8 Å². The first-order valence-electron chi connectivity index (χ1n) is 15.7. The summed E-state index contributed by atoms with van der Waals surface area (Å²) in [5.41, 5.74) is 9.65. The Bertz CT molecular complexity index is 1730. The van der Waals surface area contributed by atoms with E-state index in [1.54, 1.807) is 68.6 Å². The second-order valence-corrected chi connectivity index (χ2v) is 11.2. The summed E-state index contributed by atoms with van der Waals surface area (Å²) in [6.07, 6.45) is 2.65. The molecule has 11 nitrogen and oxygen atoms in total. The molecule has 0 aliphatic carbocycles. The van der Waals surface area contributed by atoms with Gasteiger partial charge in [-0.25, -0.2) is 10.3 Å². The minimum Gasteiger partial charge on any atom is -0.497 e.